The van der Waals surface area contributed by atoms with Gasteiger partial charge in [-0.15, -0.1) is 0 Å². The second kappa shape index (κ2) is 5.85. The summed E-state index contributed by atoms with van der Waals surface area (Å²) in [5.74, 6) is -5.69. The predicted molar refractivity (Wildman–Crippen MR) is 65.2 cm³/mol. The zero-order valence-electron chi connectivity index (χ0n) is 9.03. The molecule has 0 heterocycles. The Bertz CT molecular complexity index is 656. The molecular weight excluding hydrogens is 325 g/mol. The lowest BCUT2D eigenvalue weighted by atomic mass is 10.2. The van der Waals surface area contributed by atoms with Gasteiger partial charge in [0.1, 0.15) is 4.90 Å². The molecule has 0 aliphatic heterocycles. The first-order valence-corrected chi connectivity index (χ1v) is 7.05. The van der Waals surface area contributed by atoms with E-state index in [1.54, 1.807) is 0 Å². The molecule has 1 rings (SSSR count). The van der Waals surface area contributed by atoms with Crippen LogP contribution in [0.3, 0.4) is 0 Å². The average Bonchev–Trinajstić information content (AvgIpc) is 2.31. The molecule has 0 bridgehead atoms. The van der Waals surface area contributed by atoms with Crippen LogP contribution in [-0.4, -0.2) is 25.2 Å². The summed E-state index contributed by atoms with van der Waals surface area (Å²) < 4.78 is 50.2. The van der Waals surface area contributed by atoms with Gasteiger partial charge in [0, 0.05) is 10.6 Å². The van der Waals surface area contributed by atoms with Crippen LogP contribution in [0.4, 0.5) is 8.78 Å². The average molecular weight is 331 g/mol. The smallest absolute Gasteiger partial charge is 0.335 e. The maximum absolute atomic E-state index is 13.5. The van der Waals surface area contributed by atoms with Gasteiger partial charge >= 0.3 is 5.97 Å². The molecule has 0 atom stereocenters. The van der Waals surface area contributed by atoms with Crippen molar-refractivity contribution in [1.82, 2.24) is 0 Å². The molecule has 0 unspecified atom stereocenters. The highest BCUT2D eigenvalue weighted by molar-refractivity contribution is 7.91. The Morgan fingerprint density at radius 1 is 1.37 bits per heavy atom. The number of carbonyl (C=O) groups is 1. The first kappa shape index (κ1) is 15.9. The standard InChI is InChI=1S/C10H6Cl2F2O4S/c11-3-6(12)4-19(17,18)8-2-5(10(15)16)1-7(13)9(8)14/h1-3H,4H2,(H,15,16)/b6-3-. The number of sulfone groups is 1. The summed E-state index contributed by atoms with van der Waals surface area (Å²) in [7, 11) is -4.34. The molecule has 1 aromatic carbocycles. The molecule has 0 aromatic heterocycles. The Morgan fingerprint density at radius 3 is 2.42 bits per heavy atom. The second-order valence-electron chi connectivity index (χ2n) is 3.39. The zero-order chi connectivity index (χ0) is 14.8. The van der Waals surface area contributed by atoms with E-state index in [1.165, 1.54) is 0 Å². The van der Waals surface area contributed by atoms with Gasteiger partial charge in [-0.2, -0.15) is 0 Å². The predicted octanol–water partition coefficient (Wildman–Crippen LogP) is 2.76. The van der Waals surface area contributed by atoms with Crippen molar-refractivity contribution in [1.29, 1.82) is 0 Å². The molecule has 0 fully saturated rings. The summed E-state index contributed by atoms with van der Waals surface area (Å²) in [6, 6.07) is 0.907. The number of benzene rings is 1. The lowest BCUT2D eigenvalue weighted by Crippen LogP contribution is -2.12. The molecular formula is C10H6Cl2F2O4S. The molecule has 0 saturated carbocycles. The Labute approximate surface area is 117 Å². The van der Waals surface area contributed by atoms with Gasteiger partial charge in [-0.25, -0.2) is 22.0 Å². The maximum Gasteiger partial charge on any atom is 0.335 e. The number of halogens is 4. The van der Waals surface area contributed by atoms with Gasteiger partial charge in [-0.05, 0) is 12.1 Å². The number of carboxylic acid groups (broad SMARTS) is 1. The third-order valence-electron chi connectivity index (χ3n) is 2.02. The first-order chi connectivity index (χ1) is 8.69. The summed E-state index contributed by atoms with van der Waals surface area (Å²) >= 11 is 10.6. The van der Waals surface area contributed by atoms with E-state index >= 15 is 0 Å². The van der Waals surface area contributed by atoms with E-state index in [0.717, 1.165) is 5.54 Å². The minimum absolute atomic E-state index is 0.317. The SMILES string of the molecule is O=C(O)c1cc(F)c(F)c(S(=O)(=O)C/C(Cl)=C/Cl)c1. The van der Waals surface area contributed by atoms with Crippen LogP contribution in [-0.2, 0) is 9.84 Å². The first-order valence-electron chi connectivity index (χ1n) is 4.59. The summed E-state index contributed by atoms with van der Waals surface area (Å²) in [5.41, 5.74) is 0.0671. The van der Waals surface area contributed by atoms with Gasteiger partial charge in [0.05, 0.1) is 11.3 Å². The largest absolute Gasteiger partial charge is 0.478 e. The van der Waals surface area contributed by atoms with Gasteiger partial charge in [-0.1, -0.05) is 23.2 Å². The van der Waals surface area contributed by atoms with Crippen LogP contribution in [0.2, 0.25) is 0 Å². The van der Waals surface area contributed by atoms with Gasteiger partial charge in [0.25, 0.3) is 0 Å². The van der Waals surface area contributed by atoms with E-state index in [0.29, 0.717) is 12.1 Å². The molecule has 9 heteroatoms. The van der Waals surface area contributed by atoms with Gasteiger partial charge < -0.3 is 5.11 Å². The molecule has 19 heavy (non-hydrogen) atoms. The summed E-state index contributed by atoms with van der Waals surface area (Å²) in [4.78, 5) is 9.60. The maximum atomic E-state index is 13.5. The minimum atomic E-state index is -4.34. The lowest BCUT2D eigenvalue weighted by Gasteiger charge is -2.07. The van der Waals surface area contributed by atoms with Crippen LogP contribution in [0.1, 0.15) is 10.4 Å². The highest BCUT2D eigenvalue weighted by atomic mass is 35.5. The van der Waals surface area contributed by atoms with Crippen LogP contribution in [0.15, 0.2) is 27.6 Å². The van der Waals surface area contributed by atoms with Crippen LogP contribution in [0.25, 0.3) is 0 Å². The molecule has 0 radical (unpaired) electrons. The second-order valence-corrected chi connectivity index (χ2v) is 6.05. The van der Waals surface area contributed by atoms with E-state index in [4.69, 9.17) is 28.3 Å². The number of aromatic carboxylic acids is 1. The normalized spacial score (nSPS) is 12.5. The van der Waals surface area contributed by atoms with Crippen LogP contribution in [0.5, 0.6) is 0 Å². The van der Waals surface area contributed by atoms with Crippen molar-refractivity contribution in [2.24, 2.45) is 0 Å². The van der Waals surface area contributed by atoms with Crippen molar-refractivity contribution in [3.63, 3.8) is 0 Å². The van der Waals surface area contributed by atoms with Crippen LogP contribution in [0, 0.1) is 11.6 Å². The highest BCUT2D eigenvalue weighted by Gasteiger charge is 2.25. The van der Waals surface area contributed by atoms with Crippen molar-refractivity contribution in [3.8, 4) is 0 Å². The fourth-order valence-corrected chi connectivity index (χ4v) is 3.08. The summed E-state index contributed by atoms with van der Waals surface area (Å²) in [6.07, 6.45) is 0. The van der Waals surface area contributed by atoms with E-state index < -0.39 is 43.7 Å². The highest BCUT2D eigenvalue weighted by Crippen LogP contribution is 2.23. The molecule has 1 aromatic rings. The van der Waals surface area contributed by atoms with Crippen LogP contribution >= 0.6 is 23.2 Å². The zero-order valence-corrected chi connectivity index (χ0v) is 11.4. The number of hydrogen-bond donors (Lipinski definition) is 1. The van der Waals surface area contributed by atoms with Crippen molar-refractivity contribution in [2.75, 3.05) is 5.75 Å². The molecule has 0 aliphatic rings. The van der Waals surface area contributed by atoms with E-state index in [-0.39, 0.29) is 5.03 Å². The van der Waals surface area contributed by atoms with E-state index in [2.05, 4.69) is 0 Å². The van der Waals surface area contributed by atoms with Crippen molar-refractivity contribution >= 4 is 39.0 Å². The van der Waals surface area contributed by atoms with Crippen molar-refractivity contribution in [2.45, 2.75) is 4.90 Å². The molecule has 0 saturated heterocycles. The summed E-state index contributed by atoms with van der Waals surface area (Å²) in [6.45, 7) is 0. The monoisotopic (exact) mass is 330 g/mol. The Morgan fingerprint density at radius 2 is 1.95 bits per heavy atom. The lowest BCUT2D eigenvalue weighted by molar-refractivity contribution is 0.0696. The van der Waals surface area contributed by atoms with Crippen molar-refractivity contribution in [3.05, 3.63) is 39.9 Å². The molecule has 104 valence electrons. The summed E-state index contributed by atoms with van der Waals surface area (Å²) in [5, 5.41) is 8.36. The fourth-order valence-electron chi connectivity index (χ4n) is 1.20. The molecule has 1 N–H and O–H groups in total. The number of hydrogen-bond acceptors (Lipinski definition) is 3. The third kappa shape index (κ3) is 3.65. The third-order valence-corrected chi connectivity index (χ3v) is 4.46. The van der Waals surface area contributed by atoms with Crippen molar-refractivity contribution < 1.29 is 27.1 Å². The molecule has 4 nitrogen and oxygen atoms in total. The molecule has 0 aliphatic carbocycles. The number of rotatable bonds is 4. The van der Waals surface area contributed by atoms with Gasteiger partial charge in [0.15, 0.2) is 21.5 Å². The molecule has 0 amide bonds. The van der Waals surface area contributed by atoms with Gasteiger partial charge in [0.2, 0.25) is 0 Å². The minimum Gasteiger partial charge on any atom is -0.478 e. The Hall–Kier alpha value is -1.18. The fraction of sp³-hybridized carbons (Fsp3) is 0.100. The Kier molecular flexibility index (Phi) is 4.89. The molecule has 0 spiro atoms. The quantitative estimate of drug-likeness (QED) is 0.921. The topological polar surface area (TPSA) is 71.4 Å². The Balaban J connectivity index is 3.45. The van der Waals surface area contributed by atoms with Crippen LogP contribution < -0.4 is 0 Å². The van der Waals surface area contributed by atoms with Gasteiger partial charge in [-0.3, -0.25) is 0 Å². The van der Waals surface area contributed by atoms with E-state index in [9.17, 15) is 22.0 Å². The van der Waals surface area contributed by atoms with E-state index in [1.807, 2.05) is 0 Å². The number of carboxylic acids is 1.